The van der Waals surface area contributed by atoms with Crippen molar-refractivity contribution in [2.45, 2.75) is 45.3 Å². The molecule has 1 aliphatic carbocycles. The maximum absolute atomic E-state index is 11.9. The molecule has 1 saturated carbocycles. The summed E-state index contributed by atoms with van der Waals surface area (Å²) in [6.45, 7) is 5.53. The third-order valence-electron chi connectivity index (χ3n) is 4.71. The van der Waals surface area contributed by atoms with Gasteiger partial charge in [-0.15, -0.1) is 0 Å². The molecule has 3 heterocycles. The summed E-state index contributed by atoms with van der Waals surface area (Å²) in [4.78, 5) is 19.3. The average molecular weight is 355 g/mol. The molecule has 3 N–H and O–H groups in total. The van der Waals surface area contributed by atoms with Crippen LogP contribution in [0.15, 0.2) is 24.4 Å². The molecule has 8 heteroatoms. The van der Waals surface area contributed by atoms with E-state index < -0.39 is 12.7 Å². The molecule has 1 fully saturated rings. The van der Waals surface area contributed by atoms with Crippen molar-refractivity contribution in [3.05, 3.63) is 30.0 Å². The fourth-order valence-corrected chi connectivity index (χ4v) is 3.58. The van der Waals surface area contributed by atoms with E-state index in [0.29, 0.717) is 5.75 Å². The molecule has 2 aromatic heterocycles. The third-order valence-corrected chi connectivity index (χ3v) is 4.71. The lowest BCUT2D eigenvalue weighted by Gasteiger charge is -2.39. The van der Waals surface area contributed by atoms with Gasteiger partial charge in [-0.1, -0.05) is 0 Å². The molecule has 0 bridgehead atoms. The summed E-state index contributed by atoms with van der Waals surface area (Å²) in [5.74, 6) is 2.58. The first-order valence-corrected chi connectivity index (χ1v) is 8.82. The van der Waals surface area contributed by atoms with Crippen molar-refractivity contribution < 1.29 is 19.2 Å². The van der Waals surface area contributed by atoms with Gasteiger partial charge in [0.15, 0.2) is 0 Å². The number of nitrogens with one attached hydrogen (secondary N) is 2. The number of carbonyl (C=O) groups is 1. The van der Waals surface area contributed by atoms with Crippen molar-refractivity contribution in [2.75, 3.05) is 0 Å². The molecule has 0 aromatic carbocycles. The summed E-state index contributed by atoms with van der Waals surface area (Å²) in [5.41, 5.74) is 2.31. The highest BCUT2D eigenvalue weighted by Crippen LogP contribution is 2.45. The van der Waals surface area contributed by atoms with E-state index in [-0.39, 0.29) is 18.1 Å². The number of nitrogens with zero attached hydrogens (tertiary/aromatic N) is 1. The predicted octanol–water partition coefficient (Wildman–Crippen LogP) is 2.66. The van der Waals surface area contributed by atoms with E-state index in [1.807, 2.05) is 33.0 Å². The third kappa shape index (κ3) is 3.17. The van der Waals surface area contributed by atoms with Crippen LogP contribution in [0.4, 0.5) is 4.79 Å². The minimum Gasteiger partial charge on any atom is -0.531 e. The number of amides is 1. The number of aromatic nitrogens is 2. The lowest BCUT2D eigenvalue weighted by atomic mass is 9.68. The number of H-pyrrole nitrogens is 1. The first kappa shape index (κ1) is 17.0. The Hall–Kier alpha value is -2.48. The minimum atomic E-state index is -0.978. The van der Waals surface area contributed by atoms with E-state index in [1.54, 1.807) is 12.2 Å². The van der Waals surface area contributed by atoms with Crippen LogP contribution in [0.2, 0.25) is 0 Å². The van der Waals surface area contributed by atoms with Crippen LogP contribution < -0.4 is 9.97 Å². The number of ether oxygens (including phenoxy) is 1. The molecule has 136 valence electrons. The number of allylic oxidation sites excluding steroid dienone is 1. The highest BCUT2D eigenvalue weighted by Gasteiger charge is 2.38. The molecule has 26 heavy (non-hydrogen) atoms. The van der Waals surface area contributed by atoms with Crippen LogP contribution in [0.5, 0.6) is 5.75 Å². The Kier molecular flexibility index (Phi) is 3.95. The van der Waals surface area contributed by atoms with E-state index >= 15 is 0 Å². The van der Waals surface area contributed by atoms with Crippen molar-refractivity contribution >= 4 is 29.8 Å². The van der Waals surface area contributed by atoms with Gasteiger partial charge < -0.3 is 24.7 Å². The SMILES string of the molecule is CC(C)(C)OC(=O)NC1CC(C2=CB(O)Oc3cnc4[nH]ccc4c32)C1. The van der Waals surface area contributed by atoms with Crippen LogP contribution in [0.25, 0.3) is 16.6 Å². The summed E-state index contributed by atoms with van der Waals surface area (Å²) in [7, 11) is -0.978. The number of aromatic amines is 1. The first-order chi connectivity index (χ1) is 12.3. The molecule has 0 spiro atoms. The zero-order valence-electron chi connectivity index (χ0n) is 15.1. The van der Waals surface area contributed by atoms with Crippen LogP contribution in [0.1, 0.15) is 39.2 Å². The number of hydrogen-bond acceptors (Lipinski definition) is 5. The normalized spacial score (nSPS) is 22.2. The van der Waals surface area contributed by atoms with Gasteiger partial charge in [-0.05, 0) is 57.1 Å². The second-order valence-electron chi connectivity index (χ2n) is 7.88. The highest BCUT2D eigenvalue weighted by molar-refractivity contribution is 6.52. The van der Waals surface area contributed by atoms with Crippen molar-refractivity contribution in [1.29, 1.82) is 0 Å². The molecule has 2 aliphatic rings. The molecule has 2 aromatic rings. The van der Waals surface area contributed by atoms with Gasteiger partial charge in [0.05, 0.1) is 6.20 Å². The Morgan fingerprint density at radius 1 is 1.46 bits per heavy atom. The lowest BCUT2D eigenvalue weighted by Crippen LogP contribution is -2.46. The van der Waals surface area contributed by atoms with Gasteiger partial charge in [0.1, 0.15) is 17.0 Å². The molecular formula is C18H22BN3O4. The van der Waals surface area contributed by atoms with Crippen LogP contribution >= 0.6 is 0 Å². The van der Waals surface area contributed by atoms with Gasteiger partial charge in [-0.2, -0.15) is 0 Å². The molecule has 4 rings (SSSR count). The van der Waals surface area contributed by atoms with E-state index in [1.165, 1.54) is 0 Å². The fraction of sp³-hybridized carbons (Fsp3) is 0.444. The van der Waals surface area contributed by atoms with Crippen molar-refractivity contribution in [1.82, 2.24) is 15.3 Å². The number of pyridine rings is 1. The number of carbonyl (C=O) groups excluding carboxylic acids is 1. The Morgan fingerprint density at radius 3 is 2.96 bits per heavy atom. The Labute approximate surface area is 151 Å². The topological polar surface area (TPSA) is 96.5 Å². The maximum atomic E-state index is 11.9. The number of fused-ring (bicyclic) bond motifs is 3. The van der Waals surface area contributed by atoms with Crippen molar-refractivity contribution in [3.63, 3.8) is 0 Å². The van der Waals surface area contributed by atoms with E-state index in [0.717, 1.165) is 35.0 Å². The summed E-state index contributed by atoms with van der Waals surface area (Å²) < 4.78 is 10.8. The number of hydrogen-bond donors (Lipinski definition) is 3. The summed E-state index contributed by atoms with van der Waals surface area (Å²) in [5, 5.41) is 13.9. The summed E-state index contributed by atoms with van der Waals surface area (Å²) in [6, 6.07) is 2.04. The van der Waals surface area contributed by atoms with Crippen LogP contribution in [-0.4, -0.2) is 39.8 Å². The second kappa shape index (κ2) is 6.05. The smallest absolute Gasteiger partial charge is 0.531 e. The minimum absolute atomic E-state index is 0.0720. The maximum Gasteiger partial charge on any atom is 0.552 e. The molecule has 1 aliphatic heterocycles. The zero-order valence-corrected chi connectivity index (χ0v) is 15.1. The number of alkyl carbamates (subject to hydrolysis) is 1. The first-order valence-electron chi connectivity index (χ1n) is 8.82. The van der Waals surface area contributed by atoms with Crippen LogP contribution in [0.3, 0.4) is 0 Å². The highest BCUT2D eigenvalue weighted by atomic mass is 16.6. The molecule has 7 nitrogen and oxygen atoms in total. The Bertz CT molecular complexity index is 880. The predicted molar refractivity (Wildman–Crippen MR) is 98.6 cm³/mol. The molecule has 0 radical (unpaired) electrons. The lowest BCUT2D eigenvalue weighted by molar-refractivity contribution is 0.0467. The van der Waals surface area contributed by atoms with Gasteiger partial charge in [0.25, 0.3) is 0 Å². The summed E-state index contributed by atoms with van der Waals surface area (Å²) >= 11 is 0. The molecule has 0 saturated heterocycles. The van der Waals surface area contributed by atoms with Crippen LogP contribution in [0, 0.1) is 5.92 Å². The number of rotatable bonds is 2. The Balaban J connectivity index is 1.50. The molecule has 1 amide bonds. The van der Waals surface area contributed by atoms with Gasteiger partial charge in [0.2, 0.25) is 0 Å². The van der Waals surface area contributed by atoms with E-state index in [2.05, 4.69) is 15.3 Å². The van der Waals surface area contributed by atoms with Crippen LogP contribution in [-0.2, 0) is 4.74 Å². The standard InChI is InChI=1S/C18H22BN3O4/c1-18(2,3)25-17(23)22-11-6-10(7-11)13-8-19(24)26-14-9-21-16-12(15(13)14)4-5-20-16/h4-5,8-11,24H,6-7H2,1-3H3,(H,20,21)(H,22,23). The van der Waals surface area contributed by atoms with Gasteiger partial charge in [-0.3, -0.25) is 0 Å². The molecule has 0 unspecified atom stereocenters. The largest absolute Gasteiger partial charge is 0.552 e. The zero-order chi connectivity index (χ0) is 18.5. The van der Waals surface area contributed by atoms with E-state index in [4.69, 9.17) is 9.39 Å². The van der Waals surface area contributed by atoms with Gasteiger partial charge in [0, 0.05) is 23.2 Å². The van der Waals surface area contributed by atoms with E-state index in [9.17, 15) is 9.82 Å². The second-order valence-corrected chi connectivity index (χ2v) is 7.88. The van der Waals surface area contributed by atoms with Crippen molar-refractivity contribution in [3.8, 4) is 5.75 Å². The van der Waals surface area contributed by atoms with Gasteiger partial charge in [-0.25, -0.2) is 9.78 Å². The molecular weight excluding hydrogens is 333 g/mol. The Morgan fingerprint density at radius 2 is 2.23 bits per heavy atom. The fourth-order valence-electron chi connectivity index (χ4n) is 3.58. The molecule has 0 atom stereocenters. The quantitative estimate of drug-likeness (QED) is 0.720. The monoisotopic (exact) mass is 355 g/mol. The average Bonchev–Trinajstić information content (AvgIpc) is 2.96. The van der Waals surface area contributed by atoms with Gasteiger partial charge >= 0.3 is 13.2 Å². The summed E-state index contributed by atoms with van der Waals surface area (Å²) in [6.07, 6.45) is 4.68. The van der Waals surface area contributed by atoms with Crippen molar-refractivity contribution in [2.24, 2.45) is 5.92 Å².